The summed E-state index contributed by atoms with van der Waals surface area (Å²) < 4.78 is 12.7. The van der Waals surface area contributed by atoms with Crippen LogP contribution in [0.15, 0.2) is 28.8 Å². The number of rotatable bonds is 4. The van der Waals surface area contributed by atoms with E-state index in [-0.39, 0.29) is 5.91 Å². The summed E-state index contributed by atoms with van der Waals surface area (Å²) in [7, 11) is 1.92. The molecule has 0 aliphatic carbocycles. The zero-order chi connectivity index (χ0) is 19.0. The number of aromatic nitrogens is 4. The first-order valence-electron chi connectivity index (χ1n) is 8.84. The van der Waals surface area contributed by atoms with Gasteiger partial charge in [-0.15, -0.1) is 0 Å². The van der Waals surface area contributed by atoms with Crippen molar-refractivity contribution < 1.29 is 14.1 Å². The molecule has 4 heterocycles. The third kappa shape index (κ3) is 3.42. The summed E-state index contributed by atoms with van der Waals surface area (Å²) in [6.45, 7) is 5.11. The van der Waals surface area contributed by atoms with Crippen LogP contribution in [0, 0.1) is 13.8 Å². The Morgan fingerprint density at radius 2 is 2.19 bits per heavy atom. The molecule has 0 fully saturated rings. The molecule has 1 amide bonds. The van der Waals surface area contributed by atoms with Gasteiger partial charge in [0.15, 0.2) is 5.69 Å². The van der Waals surface area contributed by atoms with E-state index in [1.807, 2.05) is 36.9 Å². The van der Waals surface area contributed by atoms with Crippen LogP contribution in [-0.4, -0.2) is 37.3 Å². The van der Waals surface area contributed by atoms with Gasteiger partial charge in [-0.3, -0.25) is 9.48 Å². The summed E-state index contributed by atoms with van der Waals surface area (Å²) in [4.78, 5) is 18.8. The number of fused-ring (bicyclic) bond motifs is 1. The number of aryl methyl sites for hydroxylation is 3. The quantitative estimate of drug-likeness (QED) is 0.703. The molecule has 0 spiro atoms. The number of carbonyl (C=O) groups excluding carboxylic acids is 1. The van der Waals surface area contributed by atoms with Crippen molar-refractivity contribution >= 4 is 5.91 Å². The molecule has 0 aromatic carbocycles. The highest BCUT2D eigenvalue weighted by atomic mass is 16.5. The summed E-state index contributed by atoms with van der Waals surface area (Å²) in [6, 6.07) is 7.32. The minimum absolute atomic E-state index is 0.131. The smallest absolute Gasteiger partial charge is 0.276 e. The molecule has 8 nitrogen and oxygen atoms in total. The number of ether oxygens (including phenoxy) is 1. The van der Waals surface area contributed by atoms with Gasteiger partial charge >= 0.3 is 0 Å². The fraction of sp³-hybridized carbons (Fsp3) is 0.368. The van der Waals surface area contributed by atoms with Crippen molar-refractivity contribution in [3.63, 3.8) is 0 Å². The van der Waals surface area contributed by atoms with Gasteiger partial charge in [-0.1, -0.05) is 11.2 Å². The zero-order valence-electron chi connectivity index (χ0n) is 15.6. The Morgan fingerprint density at radius 1 is 1.33 bits per heavy atom. The van der Waals surface area contributed by atoms with Crippen molar-refractivity contribution in [3.05, 3.63) is 58.4 Å². The van der Waals surface area contributed by atoms with Gasteiger partial charge in [0, 0.05) is 55.6 Å². The molecule has 0 N–H and O–H groups in total. The lowest BCUT2D eigenvalue weighted by atomic mass is 10.0. The summed E-state index contributed by atoms with van der Waals surface area (Å²) in [5.41, 5.74) is 4.22. The molecule has 0 saturated carbocycles. The van der Waals surface area contributed by atoms with Gasteiger partial charge in [0.1, 0.15) is 18.1 Å². The number of nitrogens with zero attached hydrogens (tertiary/aromatic N) is 5. The summed E-state index contributed by atoms with van der Waals surface area (Å²) >= 11 is 0. The van der Waals surface area contributed by atoms with Crippen molar-refractivity contribution in [1.82, 2.24) is 24.8 Å². The first-order valence-corrected chi connectivity index (χ1v) is 8.84. The van der Waals surface area contributed by atoms with Gasteiger partial charge in [0.05, 0.1) is 0 Å². The molecule has 0 bridgehead atoms. The molecule has 140 valence electrons. The van der Waals surface area contributed by atoms with Crippen molar-refractivity contribution in [2.45, 2.75) is 33.4 Å². The van der Waals surface area contributed by atoms with Gasteiger partial charge < -0.3 is 14.2 Å². The highest BCUT2D eigenvalue weighted by Crippen LogP contribution is 2.24. The largest absolute Gasteiger partial charge is 0.471 e. The SMILES string of the molecule is Cc1cccc(OCc2nn(C)c3c2CN(C(=O)c2cc(C)on2)CC3)n1. The second-order valence-electron chi connectivity index (χ2n) is 6.70. The van der Waals surface area contributed by atoms with E-state index in [9.17, 15) is 4.79 Å². The Labute approximate surface area is 156 Å². The van der Waals surface area contributed by atoms with Gasteiger partial charge in [-0.05, 0) is 19.9 Å². The van der Waals surface area contributed by atoms with Gasteiger partial charge in [-0.2, -0.15) is 5.10 Å². The number of hydrogen-bond donors (Lipinski definition) is 0. The van der Waals surface area contributed by atoms with Crippen LogP contribution in [0.2, 0.25) is 0 Å². The molecule has 3 aromatic rings. The molecule has 27 heavy (non-hydrogen) atoms. The fourth-order valence-corrected chi connectivity index (χ4v) is 3.33. The highest BCUT2D eigenvalue weighted by molar-refractivity contribution is 5.92. The van der Waals surface area contributed by atoms with Crippen LogP contribution in [0.3, 0.4) is 0 Å². The normalized spacial score (nSPS) is 13.5. The standard InChI is InChI=1S/C19H21N5O3/c1-12-5-4-6-18(20-12)26-11-16-14-10-24(8-7-17(14)23(3)21-16)19(25)15-9-13(2)27-22-15/h4-6,9H,7-8,10-11H2,1-3H3. The van der Waals surface area contributed by atoms with Crippen LogP contribution in [0.4, 0.5) is 0 Å². The van der Waals surface area contributed by atoms with Crippen LogP contribution in [-0.2, 0) is 26.6 Å². The molecule has 0 atom stereocenters. The van der Waals surface area contributed by atoms with E-state index in [0.29, 0.717) is 37.0 Å². The number of hydrogen-bond acceptors (Lipinski definition) is 6. The molecule has 3 aromatic heterocycles. The van der Waals surface area contributed by atoms with E-state index in [1.54, 1.807) is 17.9 Å². The van der Waals surface area contributed by atoms with Gasteiger partial charge in [0.25, 0.3) is 5.91 Å². The first-order chi connectivity index (χ1) is 13.0. The summed E-state index contributed by atoms with van der Waals surface area (Å²) in [5.74, 6) is 1.06. The maximum atomic E-state index is 12.7. The molecule has 8 heteroatoms. The highest BCUT2D eigenvalue weighted by Gasteiger charge is 2.28. The molecular formula is C19H21N5O3. The molecule has 0 unspecified atom stereocenters. The average molecular weight is 367 g/mol. The lowest BCUT2D eigenvalue weighted by Gasteiger charge is -2.27. The van der Waals surface area contributed by atoms with E-state index in [0.717, 1.165) is 29.1 Å². The summed E-state index contributed by atoms with van der Waals surface area (Å²) in [5, 5.41) is 8.43. The summed E-state index contributed by atoms with van der Waals surface area (Å²) in [6.07, 6.45) is 0.740. The van der Waals surface area contributed by atoms with Crippen molar-refractivity contribution in [2.75, 3.05) is 6.54 Å². The zero-order valence-corrected chi connectivity index (χ0v) is 15.6. The Hall–Kier alpha value is -3.16. The topological polar surface area (TPSA) is 86.3 Å². The lowest BCUT2D eigenvalue weighted by Crippen LogP contribution is -2.36. The molecule has 1 aliphatic heterocycles. The predicted octanol–water partition coefficient (Wildman–Crippen LogP) is 2.20. The van der Waals surface area contributed by atoms with Crippen LogP contribution in [0.25, 0.3) is 0 Å². The molecular weight excluding hydrogens is 346 g/mol. The van der Waals surface area contributed by atoms with Crippen molar-refractivity contribution in [2.24, 2.45) is 7.05 Å². The minimum atomic E-state index is -0.131. The minimum Gasteiger partial charge on any atom is -0.471 e. The van der Waals surface area contributed by atoms with Crippen molar-refractivity contribution in [3.8, 4) is 5.88 Å². The predicted molar refractivity (Wildman–Crippen MR) is 96.2 cm³/mol. The molecule has 0 radical (unpaired) electrons. The van der Waals surface area contributed by atoms with E-state index in [1.165, 1.54) is 0 Å². The van der Waals surface area contributed by atoms with E-state index in [4.69, 9.17) is 9.26 Å². The molecule has 0 saturated heterocycles. The fourth-order valence-electron chi connectivity index (χ4n) is 3.33. The van der Waals surface area contributed by atoms with Crippen LogP contribution >= 0.6 is 0 Å². The molecule has 4 rings (SSSR count). The maximum absolute atomic E-state index is 12.7. The second-order valence-corrected chi connectivity index (χ2v) is 6.70. The van der Waals surface area contributed by atoms with Crippen LogP contribution < -0.4 is 4.74 Å². The third-order valence-electron chi connectivity index (χ3n) is 4.68. The second kappa shape index (κ2) is 6.86. The monoisotopic (exact) mass is 367 g/mol. The maximum Gasteiger partial charge on any atom is 0.276 e. The van der Waals surface area contributed by atoms with E-state index >= 15 is 0 Å². The molecule has 1 aliphatic rings. The third-order valence-corrected chi connectivity index (χ3v) is 4.68. The van der Waals surface area contributed by atoms with Crippen LogP contribution in [0.5, 0.6) is 5.88 Å². The first kappa shape index (κ1) is 17.3. The van der Waals surface area contributed by atoms with Gasteiger partial charge in [-0.25, -0.2) is 4.98 Å². The Balaban J connectivity index is 1.53. The van der Waals surface area contributed by atoms with Crippen molar-refractivity contribution in [1.29, 1.82) is 0 Å². The average Bonchev–Trinajstić information content (AvgIpc) is 3.23. The van der Waals surface area contributed by atoms with Crippen LogP contribution in [0.1, 0.15) is 38.9 Å². The van der Waals surface area contributed by atoms with E-state index < -0.39 is 0 Å². The lowest BCUT2D eigenvalue weighted by molar-refractivity contribution is 0.0721. The van der Waals surface area contributed by atoms with Gasteiger partial charge in [0.2, 0.25) is 5.88 Å². The number of carbonyl (C=O) groups is 1. The van der Waals surface area contributed by atoms with E-state index in [2.05, 4.69) is 15.2 Å². The Kier molecular flexibility index (Phi) is 4.39. The Morgan fingerprint density at radius 3 is 2.93 bits per heavy atom. The number of amides is 1. The Bertz CT molecular complexity index is 991. The number of pyridine rings is 1.